The molecule has 5 heteroatoms. The van der Waals surface area contributed by atoms with Crippen LogP contribution in [0.25, 0.3) is 0 Å². The molecule has 68 valence electrons. The van der Waals surface area contributed by atoms with E-state index in [1.54, 1.807) is 0 Å². The third-order valence-corrected chi connectivity index (χ3v) is 1.54. The van der Waals surface area contributed by atoms with E-state index in [9.17, 15) is 14.1 Å². The van der Waals surface area contributed by atoms with Gasteiger partial charge in [0.05, 0.1) is 5.56 Å². The van der Waals surface area contributed by atoms with Gasteiger partial charge < -0.3 is 5.11 Å². The van der Waals surface area contributed by atoms with Crippen LogP contribution in [0.5, 0.6) is 0 Å². The highest BCUT2D eigenvalue weighted by atomic mass is 19.1. The van der Waals surface area contributed by atoms with Crippen molar-refractivity contribution in [2.75, 3.05) is 0 Å². The number of halogens is 1. The average Bonchev–Trinajstić information content (AvgIpc) is 2.08. The molecular weight excluding hydrogens is 177 g/mol. The number of nitrogens with zero attached hydrogens (tertiary/aromatic N) is 1. The van der Waals surface area contributed by atoms with E-state index in [1.807, 2.05) is 0 Å². The van der Waals surface area contributed by atoms with Gasteiger partial charge in [-0.2, -0.15) is 4.91 Å². The molecule has 0 radical (unpaired) electrons. The molecule has 0 spiro atoms. The van der Waals surface area contributed by atoms with Crippen molar-refractivity contribution in [3.05, 3.63) is 40.1 Å². The van der Waals surface area contributed by atoms with Gasteiger partial charge in [0.1, 0.15) is 12.4 Å². The van der Waals surface area contributed by atoms with Crippen molar-refractivity contribution in [2.45, 2.75) is 6.54 Å². The van der Waals surface area contributed by atoms with Crippen LogP contribution in [0.2, 0.25) is 0 Å². The second-order valence-corrected chi connectivity index (χ2v) is 2.37. The Kier molecular flexibility index (Phi) is 2.69. The molecule has 0 aliphatic heterocycles. The molecular formula is C8H6FNO3. The predicted molar refractivity (Wildman–Crippen MR) is 42.9 cm³/mol. The van der Waals surface area contributed by atoms with Crippen molar-refractivity contribution in [2.24, 2.45) is 5.18 Å². The van der Waals surface area contributed by atoms with Crippen molar-refractivity contribution in [1.82, 2.24) is 0 Å². The maximum absolute atomic E-state index is 13.1. The highest BCUT2D eigenvalue weighted by molar-refractivity contribution is 5.88. The maximum atomic E-state index is 13.1. The second-order valence-electron chi connectivity index (χ2n) is 2.37. The minimum absolute atomic E-state index is 0.00472. The van der Waals surface area contributed by atoms with Gasteiger partial charge in [0.15, 0.2) is 0 Å². The number of nitroso groups, excluding NO2 is 1. The summed E-state index contributed by atoms with van der Waals surface area (Å²) < 4.78 is 13.1. The molecule has 0 atom stereocenters. The number of carbonyl (C=O) groups is 1. The number of benzene rings is 1. The third kappa shape index (κ3) is 1.87. The number of aromatic carboxylic acids is 1. The lowest BCUT2D eigenvalue weighted by atomic mass is 10.1. The van der Waals surface area contributed by atoms with Crippen molar-refractivity contribution in [1.29, 1.82) is 0 Å². The molecule has 1 aromatic carbocycles. The zero-order valence-corrected chi connectivity index (χ0v) is 6.53. The second kappa shape index (κ2) is 3.75. The Bertz CT molecular complexity index is 351. The van der Waals surface area contributed by atoms with Gasteiger partial charge in [0.25, 0.3) is 0 Å². The number of hydrogen-bond donors (Lipinski definition) is 1. The van der Waals surface area contributed by atoms with Crippen molar-refractivity contribution in [3.63, 3.8) is 0 Å². The highest BCUT2D eigenvalue weighted by Gasteiger charge is 2.13. The van der Waals surface area contributed by atoms with Gasteiger partial charge in [-0.3, -0.25) is 0 Å². The Labute approximate surface area is 73.0 Å². The Morgan fingerprint density at radius 1 is 1.54 bits per heavy atom. The van der Waals surface area contributed by atoms with Crippen molar-refractivity contribution >= 4 is 5.97 Å². The molecule has 0 fully saturated rings. The third-order valence-electron chi connectivity index (χ3n) is 1.54. The van der Waals surface area contributed by atoms with Gasteiger partial charge in [-0.05, 0) is 6.07 Å². The van der Waals surface area contributed by atoms with Crippen LogP contribution in [0.1, 0.15) is 15.9 Å². The van der Waals surface area contributed by atoms with Crippen molar-refractivity contribution in [3.8, 4) is 0 Å². The molecule has 0 heterocycles. The summed E-state index contributed by atoms with van der Waals surface area (Å²) in [5.74, 6) is -2.25. The van der Waals surface area contributed by atoms with Gasteiger partial charge >= 0.3 is 5.97 Å². The first-order valence-electron chi connectivity index (χ1n) is 3.46. The Morgan fingerprint density at radius 3 is 2.77 bits per heavy atom. The number of rotatable bonds is 3. The Hall–Kier alpha value is -1.78. The fraction of sp³-hybridized carbons (Fsp3) is 0.125. The first-order valence-corrected chi connectivity index (χ1v) is 3.46. The monoisotopic (exact) mass is 183 g/mol. The van der Waals surface area contributed by atoms with E-state index in [4.69, 9.17) is 5.11 Å². The van der Waals surface area contributed by atoms with Gasteiger partial charge in [-0.25, -0.2) is 9.18 Å². The summed E-state index contributed by atoms with van der Waals surface area (Å²) in [6.07, 6.45) is 0. The van der Waals surface area contributed by atoms with Gasteiger partial charge in [-0.15, -0.1) is 0 Å². The smallest absolute Gasteiger partial charge is 0.338 e. The molecule has 0 aromatic heterocycles. The predicted octanol–water partition coefficient (Wildman–Crippen LogP) is 1.79. The van der Waals surface area contributed by atoms with Crippen LogP contribution in [0, 0.1) is 10.7 Å². The summed E-state index contributed by atoms with van der Waals surface area (Å²) in [6, 6.07) is 3.82. The molecule has 0 amide bonds. The minimum Gasteiger partial charge on any atom is -0.478 e. The normalized spacial score (nSPS) is 9.62. The SMILES string of the molecule is O=NCc1cccc(C(=O)O)c1F. The summed E-state index contributed by atoms with van der Waals surface area (Å²) in [5, 5.41) is 11.0. The lowest BCUT2D eigenvalue weighted by Gasteiger charge is -2.00. The highest BCUT2D eigenvalue weighted by Crippen LogP contribution is 2.13. The summed E-state index contributed by atoms with van der Waals surface area (Å²) in [5.41, 5.74) is -0.448. The summed E-state index contributed by atoms with van der Waals surface area (Å²) in [6.45, 7) is -0.354. The Morgan fingerprint density at radius 2 is 2.23 bits per heavy atom. The molecule has 0 unspecified atom stereocenters. The van der Waals surface area contributed by atoms with Crippen LogP contribution in [-0.4, -0.2) is 11.1 Å². The van der Waals surface area contributed by atoms with Crippen LogP contribution in [0.3, 0.4) is 0 Å². The standard InChI is InChI=1S/C8H6FNO3/c9-7-5(4-10-13)2-1-3-6(7)8(11)12/h1-3H,4H2,(H,11,12). The number of hydrogen-bond acceptors (Lipinski definition) is 3. The largest absolute Gasteiger partial charge is 0.478 e. The summed E-state index contributed by atoms with van der Waals surface area (Å²) in [4.78, 5) is 20.3. The van der Waals surface area contributed by atoms with Crippen molar-refractivity contribution < 1.29 is 14.3 Å². The Balaban J connectivity index is 3.17. The van der Waals surface area contributed by atoms with Crippen LogP contribution in [0.4, 0.5) is 4.39 Å². The van der Waals surface area contributed by atoms with Crippen LogP contribution < -0.4 is 0 Å². The van der Waals surface area contributed by atoms with Crippen LogP contribution >= 0.6 is 0 Å². The van der Waals surface area contributed by atoms with Crippen LogP contribution in [-0.2, 0) is 6.54 Å². The number of carboxylic acids is 1. The molecule has 0 aliphatic rings. The van der Waals surface area contributed by atoms with Crippen LogP contribution in [0.15, 0.2) is 23.4 Å². The van der Waals surface area contributed by atoms with E-state index < -0.39 is 17.3 Å². The fourth-order valence-corrected chi connectivity index (χ4v) is 0.937. The van der Waals surface area contributed by atoms with E-state index in [0.29, 0.717) is 0 Å². The van der Waals surface area contributed by atoms with E-state index in [1.165, 1.54) is 12.1 Å². The molecule has 0 saturated heterocycles. The molecule has 0 saturated carbocycles. The average molecular weight is 183 g/mol. The molecule has 1 rings (SSSR count). The first kappa shape index (κ1) is 9.31. The first-order chi connectivity index (χ1) is 6.16. The van der Waals surface area contributed by atoms with Gasteiger partial charge in [-0.1, -0.05) is 17.3 Å². The summed E-state index contributed by atoms with van der Waals surface area (Å²) >= 11 is 0. The molecule has 13 heavy (non-hydrogen) atoms. The zero-order chi connectivity index (χ0) is 9.84. The fourth-order valence-electron chi connectivity index (χ4n) is 0.937. The maximum Gasteiger partial charge on any atom is 0.338 e. The number of carboxylic acid groups (broad SMARTS) is 1. The minimum atomic E-state index is -1.36. The molecule has 1 N–H and O–H groups in total. The molecule has 4 nitrogen and oxygen atoms in total. The summed E-state index contributed by atoms with van der Waals surface area (Å²) in [7, 11) is 0. The van der Waals surface area contributed by atoms with E-state index in [0.717, 1.165) is 6.07 Å². The molecule has 0 bridgehead atoms. The lowest BCUT2D eigenvalue weighted by Crippen LogP contribution is -2.02. The van der Waals surface area contributed by atoms with Gasteiger partial charge in [0.2, 0.25) is 0 Å². The quantitative estimate of drug-likeness (QED) is 0.726. The zero-order valence-electron chi connectivity index (χ0n) is 6.53. The lowest BCUT2D eigenvalue weighted by molar-refractivity contribution is 0.0691. The van der Waals surface area contributed by atoms with E-state index >= 15 is 0 Å². The van der Waals surface area contributed by atoms with E-state index in [-0.39, 0.29) is 12.1 Å². The van der Waals surface area contributed by atoms with E-state index in [2.05, 4.69) is 5.18 Å². The topological polar surface area (TPSA) is 66.7 Å². The van der Waals surface area contributed by atoms with Gasteiger partial charge in [0, 0.05) is 5.56 Å². The molecule has 1 aromatic rings. The molecule has 0 aliphatic carbocycles.